The second-order valence-electron chi connectivity index (χ2n) is 14.7. The van der Waals surface area contributed by atoms with Crippen LogP contribution < -0.4 is 30.7 Å². The molecule has 0 unspecified atom stereocenters. The van der Waals surface area contributed by atoms with Crippen molar-refractivity contribution in [1.82, 2.24) is 31.1 Å². The summed E-state index contributed by atoms with van der Waals surface area (Å²) in [6.07, 6.45) is 1.74. The van der Waals surface area contributed by atoms with Crippen molar-refractivity contribution < 1.29 is 38.2 Å². The summed E-state index contributed by atoms with van der Waals surface area (Å²) in [6, 6.07) is 11.2. The van der Waals surface area contributed by atoms with Crippen molar-refractivity contribution in [2.75, 3.05) is 21.2 Å². The highest BCUT2D eigenvalue weighted by Crippen LogP contribution is 2.33. The van der Waals surface area contributed by atoms with E-state index < -0.39 is 71.7 Å². The van der Waals surface area contributed by atoms with Crippen LogP contribution in [0.25, 0.3) is 0 Å². The van der Waals surface area contributed by atoms with Crippen LogP contribution in [-0.4, -0.2) is 103 Å². The first kappa shape index (κ1) is 42.7. The average Bonchev–Trinajstić information content (AvgIpc) is 3.19. The number of carbonyl (C=O) groups excluding carboxylic acids is 6. The molecular formula is C42H51BrN6O8. The lowest BCUT2D eigenvalue weighted by molar-refractivity contribution is -0.145. The van der Waals surface area contributed by atoms with Crippen LogP contribution in [0.3, 0.4) is 0 Å². The normalized spacial score (nSPS) is 24.0. The van der Waals surface area contributed by atoms with Gasteiger partial charge in [-0.25, -0.2) is 0 Å². The molecule has 0 spiro atoms. The Morgan fingerprint density at radius 1 is 0.737 bits per heavy atom. The van der Waals surface area contributed by atoms with Gasteiger partial charge in [0.05, 0.1) is 7.11 Å². The van der Waals surface area contributed by atoms with E-state index in [0.717, 1.165) is 18.4 Å². The number of amides is 6. The van der Waals surface area contributed by atoms with Crippen molar-refractivity contribution in [3.63, 3.8) is 0 Å². The second-order valence-corrected chi connectivity index (χ2v) is 15.5. The number of rotatable bonds is 5. The van der Waals surface area contributed by atoms with Crippen molar-refractivity contribution in [3.05, 3.63) is 87.4 Å². The monoisotopic (exact) mass is 846 g/mol. The molecule has 14 nitrogen and oxygen atoms in total. The number of nitrogens with one attached hydrogen (secondary N) is 4. The van der Waals surface area contributed by atoms with Gasteiger partial charge in [0.25, 0.3) is 0 Å². The Morgan fingerprint density at radius 2 is 1.35 bits per heavy atom. The number of carbonyl (C=O) groups is 6. The molecule has 0 aromatic heterocycles. The molecule has 6 amide bonds. The summed E-state index contributed by atoms with van der Waals surface area (Å²) in [4.78, 5) is 86.5. The lowest BCUT2D eigenvalue weighted by atomic mass is 9.98. The zero-order valence-corrected chi connectivity index (χ0v) is 34.9. The number of hydrogen-bond acceptors (Lipinski definition) is 8. The average molecular weight is 848 g/mol. The molecule has 3 aromatic carbocycles. The van der Waals surface area contributed by atoms with Crippen LogP contribution in [0.15, 0.2) is 65.1 Å². The first-order chi connectivity index (χ1) is 27.1. The summed E-state index contributed by atoms with van der Waals surface area (Å²) in [6.45, 7) is 6.52. The summed E-state index contributed by atoms with van der Waals surface area (Å²) in [7, 11) is 4.46. The molecule has 6 bridgehead atoms. The van der Waals surface area contributed by atoms with Crippen molar-refractivity contribution >= 4 is 51.4 Å². The maximum absolute atomic E-state index is 14.4. The molecule has 6 rings (SSSR count). The first-order valence-electron chi connectivity index (χ1n) is 19.1. The molecule has 6 atom stereocenters. The maximum atomic E-state index is 14.4. The van der Waals surface area contributed by atoms with Crippen LogP contribution in [0.1, 0.15) is 56.4 Å². The fourth-order valence-electron chi connectivity index (χ4n) is 6.96. The Hall–Kier alpha value is -5.44. The third kappa shape index (κ3) is 10.3. The third-order valence-corrected chi connectivity index (χ3v) is 11.2. The molecule has 3 aliphatic heterocycles. The van der Waals surface area contributed by atoms with Gasteiger partial charge in [-0.05, 0) is 85.8 Å². The number of aryl methyl sites for hydroxylation is 1. The van der Waals surface area contributed by atoms with Crippen LogP contribution in [-0.2, 0) is 54.5 Å². The molecule has 1 fully saturated rings. The van der Waals surface area contributed by atoms with Gasteiger partial charge in [0.2, 0.25) is 35.4 Å². The van der Waals surface area contributed by atoms with Crippen molar-refractivity contribution in [2.45, 2.75) is 96.1 Å². The molecule has 0 aliphatic carbocycles. The molecule has 4 N–H and O–H groups in total. The number of halogens is 1. The minimum atomic E-state index is -1.20. The van der Waals surface area contributed by atoms with E-state index in [1.165, 1.54) is 51.8 Å². The van der Waals surface area contributed by atoms with E-state index >= 15 is 0 Å². The highest BCUT2D eigenvalue weighted by molar-refractivity contribution is 9.10. The Morgan fingerprint density at radius 3 is 1.98 bits per heavy atom. The van der Waals surface area contributed by atoms with Gasteiger partial charge in [0.15, 0.2) is 0 Å². The van der Waals surface area contributed by atoms with E-state index in [-0.39, 0.29) is 19.3 Å². The maximum Gasteiger partial charge on any atom is 0.245 e. The molecule has 0 radical (unpaired) electrons. The molecule has 3 heterocycles. The minimum absolute atomic E-state index is 0.00104. The molecule has 57 heavy (non-hydrogen) atoms. The number of hydrogen-bond donors (Lipinski definition) is 4. The van der Waals surface area contributed by atoms with Crippen LogP contribution in [0, 0.1) is 0 Å². The van der Waals surface area contributed by atoms with E-state index in [9.17, 15) is 28.8 Å². The summed E-state index contributed by atoms with van der Waals surface area (Å²) in [5, 5.41) is 11.0. The Bertz CT molecular complexity index is 1990. The van der Waals surface area contributed by atoms with Gasteiger partial charge in [0.1, 0.15) is 53.5 Å². The van der Waals surface area contributed by atoms with E-state index in [4.69, 9.17) is 9.47 Å². The highest BCUT2D eigenvalue weighted by Gasteiger charge is 2.37. The fourth-order valence-corrected chi connectivity index (χ4v) is 7.51. The van der Waals surface area contributed by atoms with Crippen LogP contribution >= 0.6 is 15.9 Å². The van der Waals surface area contributed by atoms with Gasteiger partial charge in [-0.1, -0.05) is 53.5 Å². The number of ether oxygens (including phenoxy) is 2. The molecule has 0 saturated carbocycles. The summed E-state index contributed by atoms with van der Waals surface area (Å²) >= 11 is 3.66. The smallest absolute Gasteiger partial charge is 0.245 e. The summed E-state index contributed by atoms with van der Waals surface area (Å²) in [5.41, 5.74) is 3.03. The number of fused-ring (bicyclic) bond motifs is 2. The Kier molecular flexibility index (Phi) is 14.0. The lowest BCUT2D eigenvalue weighted by Crippen LogP contribution is -2.61. The SMILES string of the molecule is CCCc1cc(Br)c2cc1Oc1ccc(cc1)C[C@H]1C(=O)N[C@@H](C2)C(=O)N[C@H](C)C(=O)N[C@@H](C)C(=O)N(C)[C@@H](Cc2ccc(OC)cc2)C(=O)N[C@@H](C)C(=O)N1C. The largest absolute Gasteiger partial charge is 0.497 e. The van der Waals surface area contributed by atoms with Gasteiger partial charge in [0, 0.05) is 37.8 Å². The van der Waals surface area contributed by atoms with Gasteiger partial charge in [-0.3, -0.25) is 28.8 Å². The van der Waals surface area contributed by atoms with Crippen molar-refractivity contribution in [2.24, 2.45) is 0 Å². The summed E-state index contributed by atoms with van der Waals surface area (Å²) < 4.78 is 12.3. The summed E-state index contributed by atoms with van der Waals surface area (Å²) in [5.74, 6) is -1.89. The molecule has 3 aromatic rings. The van der Waals surface area contributed by atoms with Crippen LogP contribution in [0.2, 0.25) is 0 Å². The molecular weight excluding hydrogens is 796 g/mol. The number of nitrogens with zero attached hydrogens (tertiary/aromatic N) is 2. The Labute approximate surface area is 341 Å². The zero-order valence-electron chi connectivity index (χ0n) is 33.3. The van der Waals surface area contributed by atoms with Gasteiger partial charge >= 0.3 is 0 Å². The number of methoxy groups -OCH3 is 1. The van der Waals surface area contributed by atoms with E-state index in [0.29, 0.717) is 38.4 Å². The van der Waals surface area contributed by atoms with E-state index in [2.05, 4.69) is 44.1 Å². The zero-order chi connectivity index (χ0) is 41.6. The van der Waals surface area contributed by atoms with Crippen LogP contribution in [0.4, 0.5) is 0 Å². The van der Waals surface area contributed by atoms with E-state index in [1.807, 2.05) is 24.3 Å². The van der Waals surface area contributed by atoms with Gasteiger partial charge in [-0.2, -0.15) is 0 Å². The van der Waals surface area contributed by atoms with Gasteiger partial charge in [-0.15, -0.1) is 0 Å². The number of benzene rings is 3. The second kappa shape index (κ2) is 18.7. The fraction of sp³-hybridized carbons (Fsp3) is 0.429. The quantitative estimate of drug-likeness (QED) is 0.303. The highest BCUT2D eigenvalue weighted by atomic mass is 79.9. The van der Waals surface area contributed by atoms with Crippen molar-refractivity contribution in [3.8, 4) is 17.2 Å². The standard InChI is InChI=1S/C42H51BrN6O8/c1-8-9-28-20-32(43)29-21-33-38(51)44-23(2)37(50)45-24(3)41(54)48(5)34(18-26-10-14-30(56-7)15-11-26)39(52)46-25(4)42(55)49(6)35(40(53)47-33)19-27-12-16-31(17-13-27)57-36(28)22-29/h10-17,20,22-25,33-35H,8-9,18-19,21H2,1-7H3,(H,44,51)(H,45,50)(H,46,52)(H,47,53)/t23-,24+,25+,33+,34+,35+/m1/s1. The Balaban J connectivity index is 1.56. The minimum Gasteiger partial charge on any atom is -0.497 e. The van der Waals surface area contributed by atoms with Crippen LogP contribution in [0.5, 0.6) is 17.2 Å². The molecule has 304 valence electrons. The van der Waals surface area contributed by atoms with E-state index in [1.54, 1.807) is 36.4 Å². The molecule has 1 saturated heterocycles. The first-order valence-corrected chi connectivity index (χ1v) is 19.8. The number of likely N-dealkylation sites (N-methyl/N-ethyl adjacent to an activating group) is 2. The predicted molar refractivity (Wildman–Crippen MR) is 217 cm³/mol. The molecule has 3 aliphatic rings. The van der Waals surface area contributed by atoms with Gasteiger partial charge < -0.3 is 40.5 Å². The molecule has 15 heteroatoms. The predicted octanol–water partition coefficient (Wildman–Crippen LogP) is 3.21. The lowest BCUT2D eigenvalue weighted by Gasteiger charge is -2.34. The topological polar surface area (TPSA) is 175 Å². The van der Waals surface area contributed by atoms with Crippen molar-refractivity contribution in [1.29, 1.82) is 0 Å². The third-order valence-electron chi connectivity index (χ3n) is 10.4.